The fourth-order valence-corrected chi connectivity index (χ4v) is 1.75. The monoisotopic (exact) mass is 178 g/mol. The molecule has 0 bridgehead atoms. The number of benzene rings is 1. The van der Waals surface area contributed by atoms with Crippen LogP contribution in [-0.2, 0) is 17.6 Å². The van der Waals surface area contributed by atoms with Crippen molar-refractivity contribution >= 4 is 5.78 Å². The number of aryl methyl sites for hydroxylation is 2. The summed E-state index contributed by atoms with van der Waals surface area (Å²) < 4.78 is 13.1. The Balaban J connectivity index is 2.49. The van der Waals surface area contributed by atoms with Gasteiger partial charge in [-0.1, -0.05) is 6.07 Å². The van der Waals surface area contributed by atoms with E-state index in [2.05, 4.69) is 0 Å². The minimum Gasteiger partial charge on any atom is -0.299 e. The number of carbonyl (C=O) groups is 1. The van der Waals surface area contributed by atoms with Crippen LogP contribution < -0.4 is 0 Å². The number of rotatable bonds is 0. The summed E-state index contributed by atoms with van der Waals surface area (Å²) >= 11 is 0. The Morgan fingerprint density at radius 1 is 1.23 bits per heavy atom. The molecule has 0 heterocycles. The predicted molar refractivity (Wildman–Crippen MR) is 48.2 cm³/mol. The Bertz CT molecular complexity index is 369. The first-order chi connectivity index (χ1) is 6.16. The predicted octanol–water partition coefficient (Wildman–Crippen LogP) is 2.19. The van der Waals surface area contributed by atoms with Crippen molar-refractivity contribution in [2.24, 2.45) is 0 Å². The SMILES string of the molecule is Cc1cc2c(cc1F)CC(=O)CC2. The summed E-state index contributed by atoms with van der Waals surface area (Å²) in [6, 6.07) is 3.36. The highest BCUT2D eigenvalue weighted by Gasteiger charge is 2.16. The van der Waals surface area contributed by atoms with Gasteiger partial charge in [-0.2, -0.15) is 0 Å². The summed E-state index contributed by atoms with van der Waals surface area (Å²) in [5.74, 6) is 0.0178. The quantitative estimate of drug-likeness (QED) is 0.595. The Morgan fingerprint density at radius 3 is 2.77 bits per heavy atom. The number of ketones is 1. The van der Waals surface area contributed by atoms with Gasteiger partial charge in [0.1, 0.15) is 11.6 Å². The van der Waals surface area contributed by atoms with E-state index in [1.807, 2.05) is 6.07 Å². The third-order valence-electron chi connectivity index (χ3n) is 2.54. The van der Waals surface area contributed by atoms with Gasteiger partial charge in [-0.05, 0) is 36.1 Å². The summed E-state index contributed by atoms with van der Waals surface area (Å²) in [6.07, 6.45) is 1.79. The molecular formula is C11H11FO. The van der Waals surface area contributed by atoms with Crippen LogP contribution in [-0.4, -0.2) is 5.78 Å². The molecule has 1 aromatic rings. The van der Waals surface area contributed by atoms with E-state index in [1.165, 1.54) is 6.07 Å². The molecule has 1 aliphatic rings. The topological polar surface area (TPSA) is 17.1 Å². The van der Waals surface area contributed by atoms with Gasteiger partial charge < -0.3 is 0 Å². The Hall–Kier alpha value is -1.18. The minimum absolute atomic E-state index is 0.201. The molecule has 0 aliphatic heterocycles. The van der Waals surface area contributed by atoms with E-state index in [1.54, 1.807) is 6.92 Å². The Morgan fingerprint density at radius 2 is 2.00 bits per heavy atom. The van der Waals surface area contributed by atoms with Crippen molar-refractivity contribution in [1.29, 1.82) is 0 Å². The molecule has 0 fully saturated rings. The lowest BCUT2D eigenvalue weighted by atomic mass is 9.89. The van der Waals surface area contributed by atoms with Crippen molar-refractivity contribution in [3.8, 4) is 0 Å². The normalized spacial score (nSPS) is 15.7. The van der Waals surface area contributed by atoms with Gasteiger partial charge in [0.25, 0.3) is 0 Å². The van der Waals surface area contributed by atoms with Crippen molar-refractivity contribution in [2.75, 3.05) is 0 Å². The van der Waals surface area contributed by atoms with Crippen molar-refractivity contribution in [1.82, 2.24) is 0 Å². The molecule has 2 heteroatoms. The van der Waals surface area contributed by atoms with Crippen LogP contribution in [0, 0.1) is 12.7 Å². The van der Waals surface area contributed by atoms with Crippen LogP contribution >= 0.6 is 0 Å². The van der Waals surface area contributed by atoms with Gasteiger partial charge in [0, 0.05) is 12.8 Å². The van der Waals surface area contributed by atoms with Crippen LogP contribution in [0.3, 0.4) is 0 Å². The molecule has 0 saturated carbocycles. The minimum atomic E-state index is -0.201. The molecule has 0 N–H and O–H groups in total. The Kier molecular flexibility index (Phi) is 1.91. The highest BCUT2D eigenvalue weighted by Crippen LogP contribution is 2.22. The molecule has 0 unspecified atom stereocenters. The van der Waals surface area contributed by atoms with Crippen LogP contribution in [0.4, 0.5) is 4.39 Å². The number of carbonyl (C=O) groups excluding carboxylic acids is 1. The summed E-state index contributed by atoms with van der Waals surface area (Å²) in [4.78, 5) is 11.1. The fraction of sp³-hybridized carbons (Fsp3) is 0.364. The average Bonchev–Trinajstić information content (AvgIpc) is 2.08. The lowest BCUT2D eigenvalue weighted by Gasteiger charge is -2.15. The van der Waals surface area contributed by atoms with Crippen LogP contribution in [0.2, 0.25) is 0 Å². The van der Waals surface area contributed by atoms with E-state index in [0.29, 0.717) is 18.4 Å². The van der Waals surface area contributed by atoms with E-state index in [9.17, 15) is 9.18 Å². The van der Waals surface area contributed by atoms with Crippen molar-refractivity contribution in [3.63, 3.8) is 0 Å². The van der Waals surface area contributed by atoms with Crippen LogP contribution in [0.25, 0.3) is 0 Å². The first kappa shape index (κ1) is 8.42. The van der Waals surface area contributed by atoms with Crippen LogP contribution in [0.15, 0.2) is 12.1 Å². The number of halogens is 1. The first-order valence-corrected chi connectivity index (χ1v) is 4.46. The van der Waals surface area contributed by atoms with Gasteiger partial charge in [-0.25, -0.2) is 4.39 Å². The largest absolute Gasteiger partial charge is 0.299 e. The second-order valence-corrected chi connectivity index (χ2v) is 3.59. The molecule has 0 saturated heterocycles. The standard InChI is InChI=1S/C11H11FO/c1-7-4-8-2-3-10(13)5-9(8)6-11(7)12/h4,6H,2-3,5H2,1H3. The van der Waals surface area contributed by atoms with Gasteiger partial charge in [0.15, 0.2) is 0 Å². The second-order valence-electron chi connectivity index (χ2n) is 3.59. The summed E-state index contributed by atoms with van der Waals surface area (Å²) in [5, 5.41) is 0. The molecule has 0 atom stereocenters. The number of hydrogen-bond donors (Lipinski definition) is 0. The van der Waals surface area contributed by atoms with Crippen LogP contribution in [0.5, 0.6) is 0 Å². The van der Waals surface area contributed by atoms with Crippen LogP contribution in [0.1, 0.15) is 23.1 Å². The van der Waals surface area contributed by atoms with Gasteiger partial charge in [-0.15, -0.1) is 0 Å². The van der Waals surface area contributed by atoms with E-state index < -0.39 is 0 Å². The fourth-order valence-electron chi connectivity index (χ4n) is 1.75. The third kappa shape index (κ3) is 1.48. The lowest BCUT2D eigenvalue weighted by molar-refractivity contribution is -0.118. The zero-order valence-electron chi connectivity index (χ0n) is 7.56. The maximum atomic E-state index is 13.1. The molecule has 68 valence electrons. The zero-order valence-corrected chi connectivity index (χ0v) is 7.56. The van der Waals surface area contributed by atoms with E-state index in [0.717, 1.165) is 17.5 Å². The molecule has 0 spiro atoms. The van der Waals surface area contributed by atoms with Crippen molar-refractivity contribution < 1.29 is 9.18 Å². The van der Waals surface area contributed by atoms with Gasteiger partial charge in [0.05, 0.1) is 0 Å². The van der Waals surface area contributed by atoms with Crippen molar-refractivity contribution in [3.05, 3.63) is 34.6 Å². The molecule has 2 rings (SSSR count). The van der Waals surface area contributed by atoms with E-state index in [4.69, 9.17) is 0 Å². The maximum Gasteiger partial charge on any atom is 0.137 e. The Labute approximate surface area is 76.6 Å². The molecular weight excluding hydrogens is 167 g/mol. The molecule has 0 amide bonds. The highest BCUT2D eigenvalue weighted by molar-refractivity contribution is 5.83. The molecule has 1 nitrogen and oxygen atoms in total. The van der Waals surface area contributed by atoms with Gasteiger partial charge in [0.2, 0.25) is 0 Å². The van der Waals surface area contributed by atoms with E-state index >= 15 is 0 Å². The molecule has 1 aliphatic carbocycles. The smallest absolute Gasteiger partial charge is 0.137 e. The first-order valence-electron chi connectivity index (χ1n) is 4.46. The summed E-state index contributed by atoms with van der Waals surface area (Å²) in [6.45, 7) is 1.76. The third-order valence-corrected chi connectivity index (χ3v) is 2.54. The zero-order chi connectivity index (χ0) is 9.42. The number of hydrogen-bond acceptors (Lipinski definition) is 1. The molecule has 0 radical (unpaired) electrons. The molecule has 0 aromatic heterocycles. The van der Waals surface area contributed by atoms with Gasteiger partial charge >= 0.3 is 0 Å². The van der Waals surface area contributed by atoms with E-state index in [-0.39, 0.29) is 11.6 Å². The maximum absolute atomic E-state index is 13.1. The highest BCUT2D eigenvalue weighted by atomic mass is 19.1. The lowest BCUT2D eigenvalue weighted by Crippen LogP contribution is -2.13. The average molecular weight is 178 g/mol. The second kappa shape index (κ2) is 2.95. The molecule has 1 aromatic carbocycles. The summed E-state index contributed by atoms with van der Waals surface area (Å²) in [5.41, 5.74) is 2.69. The summed E-state index contributed by atoms with van der Waals surface area (Å²) in [7, 11) is 0. The molecule has 13 heavy (non-hydrogen) atoms. The number of Topliss-reactive ketones (excluding diaryl/α,β-unsaturated/α-hetero) is 1. The number of fused-ring (bicyclic) bond motifs is 1. The van der Waals surface area contributed by atoms with Gasteiger partial charge in [-0.3, -0.25) is 4.79 Å². The van der Waals surface area contributed by atoms with Crippen molar-refractivity contribution in [2.45, 2.75) is 26.2 Å².